The van der Waals surface area contributed by atoms with Crippen LogP contribution in [0.1, 0.15) is 5.56 Å². The van der Waals surface area contributed by atoms with Crippen LogP contribution < -0.4 is 4.74 Å². The van der Waals surface area contributed by atoms with Crippen LogP contribution in [0.5, 0.6) is 5.75 Å². The maximum Gasteiger partial charge on any atom is 0.387 e. The Balaban J connectivity index is 2.47. The van der Waals surface area contributed by atoms with Gasteiger partial charge in [-0.05, 0) is 24.1 Å². The third-order valence-corrected chi connectivity index (χ3v) is 1.76. The molecule has 0 spiro atoms. The van der Waals surface area contributed by atoms with E-state index in [-0.39, 0.29) is 18.8 Å². The topological polar surface area (TPSA) is 18.5 Å². The quantitative estimate of drug-likeness (QED) is 0.709. The Morgan fingerprint density at radius 1 is 1.06 bits per heavy atom. The number of rotatable bonds is 6. The molecule has 0 bridgehead atoms. The van der Waals surface area contributed by atoms with Crippen molar-refractivity contribution in [2.24, 2.45) is 0 Å². The molecule has 6 heteroatoms. The minimum Gasteiger partial charge on any atom is -0.435 e. The third-order valence-electron chi connectivity index (χ3n) is 1.76. The molecule has 1 aromatic rings. The first-order valence-electron chi connectivity index (χ1n) is 4.51. The van der Waals surface area contributed by atoms with Gasteiger partial charge >= 0.3 is 13.2 Å². The molecule has 0 heterocycles. The van der Waals surface area contributed by atoms with E-state index in [9.17, 15) is 17.6 Å². The molecule has 0 aliphatic rings. The van der Waals surface area contributed by atoms with E-state index in [2.05, 4.69) is 9.47 Å². The van der Waals surface area contributed by atoms with Crippen molar-refractivity contribution in [2.75, 3.05) is 6.61 Å². The second-order valence-corrected chi connectivity index (χ2v) is 2.91. The largest absolute Gasteiger partial charge is 0.435 e. The number of alkyl halides is 4. The highest BCUT2D eigenvalue weighted by molar-refractivity contribution is 5.28. The molecule has 0 radical (unpaired) electrons. The van der Waals surface area contributed by atoms with E-state index in [0.717, 1.165) is 0 Å². The van der Waals surface area contributed by atoms with Crippen LogP contribution >= 0.6 is 0 Å². The Kier molecular flexibility index (Phi) is 5.04. The lowest BCUT2D eigenvalue weighted by Crippen LogP contribution is -2.05. The molecular formula is C10H10F4O2. The molecule has 0 aliphatic carbocycles. The first-order valence-corrected chi connectivity index (χ1v) is 4.51. The predicted molar refractivity (Wildman–Crippen MR) is 48.7 cm³/mol. The van der Waals surface area contributed by atoms with E-state index in [1.54, 1.807) is 6.07 Å². The fourth-order valence-corrected chi connectivity index (χ4v) is 1.14. The molecule has 0 amide bonds. The molecule has 1 aromatic carbocycles. The maximum absolute atomic E-state index is 11.9. The van der Waals surface area contributed by atoms with Gasteiger partial charge in [0.05, 0.1) is 6.61 Å². The van der Waals surface area contributed by atoms with Crippen molar-refractivity contribution >= 4 is 0 Å². The van der Waals surface area contributed by atoms with Crippen LogP contribution in [0.25, 0.3) is 0 Å². The number of hydrogen-bond acceptors (Lipinski definition) is 2. The summed E-state index contributed by atoms with van der Waals surface area (Å²) >= 11 is 0. The highest BCUT2D eigenvalue weighted by atomic mass is 19.3. The van der Waals surface area contributed by atoms with Gasteiger partial charge in [0.2, 0.25) is 0 Å². The van der Waals surface area contributed by atoms with Crippen molar-refractivity contribution in [1.29, 1.82) is 0 Å². The van der Waals surface area contributed by atoms with Gasteiger partial charge in [-0.2, -0.15) is 17.6 Å². The molecule has 0 unspecified atom stereocenters. The molecular weight excluding hydrogens is 228 g/mol. The Morgan fingerprint density at radius 3 is 2.44 bits per heavy atom. The van der Waals surface area contributed by atoms with Crippen LogP contribution in [0, 0.1) is 0 Å². The summed E-state index contributed by atoms with van der Waals surface area (Å²) in [6.07, 6.45) is 0.213. The molecule has 0 saturated heterocycles. The molecule has 90 valence electrons. The zero-order valence-corrected chi connectivity index (χ0v) is 8.21. The Morgan fingerprint density at radius 2 is 1.81 bits per heavy atom. The molecule has 16 heavy (non-hydrogen) atoms. The lowest BCUT2D eigenvalue weighted by molar-refractivity contribution is -0.127. The Labute approximate surface area is 89.8 Å². The fourth-order valence-electron chi connectivity index (χ4n) is 1.14. The van der Waals surface area contributed by atoms with Gasteiger partial charge in [0.1, 0.15) is 5.75 Å². The van der Waals surface area contributed by atoms with Crippen molar-refractivity contribution < 1.29 is 27.0 Å². The molecule has 0 fully saturated rings. The summed E-state index contributed by atoms with van der Waals surface area (Å²) in [5.41, 5.74) is 0.596. The van der Waals surface area contributed by atoms with Crippen LogP contribution in [0.2, 0.25) is 0 Å². The normalized spacial score (nSPS) is 11.1. The average Bonchev–Trinajstić information content (AvgIpc) is 2.16. The van der Waals surface area contributed by atoms with Gasteiger partial charge in [-0.15, -0.1) is 0 Å². The van der Waals surface area contributed by atoms with Gasteiger partial charge in [-0.3, -0.25) is 0 Å². The summed E-state index contributed by atoms with van der Waals surface area (Å²) in [5.74, 6) is 0.00421. The highest BCUT2D eigenvalue weighted by Crippen LogP contribution is 2.16. The SMILES string of the molecule is FC(F)OCCc1cccc(OC(F)F)c1. The zero-order chi connectivity index (χ0) is 12.0. The van der Waals surface area contributed by atoms with Gasteiger partial charge in [0.15, 0.2) is 0 Å². The molecule has 0 saturated carbocycles. The smallest absolute Gasteiger partial charge is 0.387 e. The Hall–Kier alpha value is -1.30. The molecule has 1 rings (SSSR count). The van der Waals surface area contributed by atoms with E-state index in [1.165, 1.54) is 18.2 Å². The van der Waals surface area contributed by atoms with Crippen molar-refractivity contribution in [3.8, 4) is 5.75 Å². The van der Waals surface area contributed by atoms with E-state index >= 15 is 0 Å². The van der Waals surface area contributed by atoms with Crippen LogP contribution in [0.3, 0.4) is 0 Å². The second kappa shape index (κ2) is 6.32. The second-order valence-electron chi connectivity index (χ2n) is 2.91. The van der Waals surface area contributed by atoms with E-state index in [0.29, 0.717) is 5.56 Å². The van der Waals surface area contributed by atoms with Crippen LogP contribution in [-0.4, -0.2) is 19.8 Å². The van der Waals surface area contributed by atoms with E-state index in [1.807, 2.05) is 0 Å². The first-order chi connectivity index (χ1) is 7.58. The summed E-state index contributed by atoms with van der Waals surface area (Å²) in [6.45, 7) is -5.89. The predicted octanol–water partition coefficient (Wildman–Crippen LogP) is 3.07. The molecule has 0 atom stereocenters. The fraction of sp³-hybridized carbons (Fsp3) is 0.400. The van der Waals surface area contributed by atoms with Crippen LogP contribution in [0.4, 0.5) is 17.6 Å². The summed E-state index contributed by atoms with van der Waals surface area (Å²) in [6, 6.07) is 5.85. The molecule has 2 nitrogen and oxygen atoms in total. The van der Waals surface area contributed by atoms with E-state index < -0.39 is 13.2 Å². The summed E-state index contributed by atoms with van der Waals surface area (Å²) in [5, 5.41) is 0. The zero-order valence-electron chi connectivity index (χ0n) is 8.21. The Bertz CT molecular complexity index is 317. The van der Waals surface area contributed by atoms with Gasteiger partial charge in [0, 0.05) is 0 Å². The standard InChI is InChI=1S/C10H10F4O2/c11-9(12)15-5-4-7-2-1-3-8(6-7)16-10(13)14/h1-3,6,9-10H,4-5H2. The van der Waals surface area contributed by atoms with Crippen molar-refractivity contribution in [2.45, 2.75) is 19.6 Å². The number of ether oxygens (including phenoxy) is 2. The molecule has 0 aliphatic heterocycles. The number of benzene rings is 1. The minimum atomic E-state index is -2.90. The van der Waals surface area contributed by atoms with Gasteiger partial charge in [-0.1, -0.05) is 12.1 Å². The highest BCUT2D eigenvalue weighted by Gasteiger charge is 2.05. The van der Waals surface area contributed by atoms with Crippen LogP contribution in [-0.2, 0) is 11.2 Å². The lowest BCUT2D eigenvalue weighted by atomic mass is 10.1. The van der Waals surface area contributed by atoms with E-state index in [4.69, 9.17) is 0 Å². The van der Waals surface area contributed by atoms with Gasteiger partial charge in [-0.25, -0.2) is 0 Å². The summed E-state index contributed by atoms with van der Waals surface area (Å²) < 4.78 is 55.2. The average molecular weight is 238 g/mol. The maximum atomic E-state index is 11.9. The van der Waals surface area contributed by atoms with Crippen molar-refractivity contribution in [3.63, 3.8) is 0 Å². The third kappa shape index (κ3) is 4.97. The van der Waals surface area contributed by atoms with Crippen LogP contribution in [0.15, 0.2) is 24.3 Å². The minimum absolute atomic E-state index is 0.00421. The molecule has 0 N–H and O–H groups in total. The number of hydrogen-bond donors (Lipinski definition) is 0. The summed E-state index contributed by atoms with van der Waals surface area (Å²) in [4.78, 5) is 0. The summed E-state index contributed by atoms with van der Waals surface area (Å²) in [7, 11) is 0. The van der Waals surface area contributed by atoms with Gasteiger partial charge < -0.3 is 9.47 Å². The molecule has 0 aromatic heterocycles. The van der Waals surface area contributed by atoms with Crippen molar-refractivity contribution in [1.82, 2.24) is 0 Å². The first kappa shape index (κ1) is 12.8. The lowest BCUT2D eigenvalue weighted by Gasteiger charge is -2.07. The van der Waals surface area contributed by atoms with Gasteiger partial charge in [0.25, 0.3) is 0 Å². The van der Waals surface area contributed by atoms with Crippen molar-refractivity contribution in [3.05, 3.63) is 29.8 Å². The number of halogens is 4. The monoisotopic (exact) mass is 238 g/mol.